The smallest absolute Gasteiger partial charge is 0.409 e. The highest BCUT2D eigenvalue weighted by atomic mass is 19.4. The van der Waals surface area contributed by atoms with E-state index in [0.29, 0.717) is 0 Å². The van der Waals surface area contributed by atoms with Crippen molar-refractivity contribution in [3.8, 4) is 0 Å². The molecule has 0 rings (SSSR count). The van der Waals surface area contributed by atoms with E-state index in [0.717, 1.165) is 6.08 Å². The van der Waals surface area contributed by atoms with E-state index in [2.05, 4.69) is 5.32 Å². The zero-order valence-corrected chi connectivity index (χ0v) is 16.8. The van der Waals surface area contributed by atoms with Crippen molar-refractivity contribution in [1.29, 1.82) is 0 Å². The molecule has 0 saturated heterocycles. The second kappa shape index (κ2) is 10.5. The molecule has 0 aliphatic carbocycles. The summed E-state index contributed by atoms with van der Waals surface area (Å²) in [4.78, 5) is 23.9. The zero-order chi connectivity index (χ0) is 21.4. The molecule has 0 aliphatic rings. The molecule has 0 aromatic heterocycles. The molecule has 0 heterocycles. The van der Waals surface area contributed by atoms with E-state index in [9.17, 15) is 22.8 Å². The van der Waals surface area contributed by atoms with E-state index in [1.165, 1.54) is 6.92 Å². The number of hydrogen-bond acceptors (Lipinski definition) is 5. The fourth-order valence-corrected chi connectivity index (χ4v) is 2.04. The first-order valence-corrected chi connectivity index (χ1v) is 8.68. The lowest BCUT2D eigenvalue weighted by Crippen LogP contribution is -2.45. The Morgan fingerprint density at radius 1 is 1.07 bits per heavy atom. The first kappa shape index (κ1) is 25.2. The van der Waals surface area contributed by atoms with E-state index in [-0.39, 0.29) is 18.6 Å². The maximum absolute atomic E-state index is 12.2. The van der Waals surface area contributed by atoms with Crippen molar-refractivity contribution in [2.24, 2.45) is 5.92 Å². The van der Waals surface area contributed by atoms with Gasteiger partial charge in [0.2, 0.25) is 0 Å². The van der Waals surface area contributed by atoms with Crippen LogP contribution >= 0.6 is 0 Å². The molecule has 6 nitrogen and oxygen atoms in total. The third-order valence-electron chi connectivity index (χ3n) is 3.22. The second-order valence-electron chi connectivity index (χ2n) is 7.50. The standard InChI is InChI=1S/C18H30F3NO5/c1-11(2)14(13(4)25-10-8-9-18(19,20)21)26-15(23)12(3)22-16(24)27-17(5,6)7/h8-9,11-14H,10H2,1-7H3,(H,22,24)/b9-8+/t12-,13-,14-/m0/s1. The minimum absolute atomic E-state index is 0.0862. The van der Waals surface area contributed by atoms with Gasteiger partial charge >= 0.3 is 18.2 Å². The number of amides is 1. The maximum atomic E-state index is 12.2. The topological polar surface area (TPSA) is 73.9 Å². The third-order valence-corrected chi connectivity index (χ3v) is 3.22. The fraction of sp³-hybridized carbons (Fsp3) is 0.778. The van der Waals surface area contributed by atoms with Crippen LogP contribution in [0.15, 0.2) is 12.2 Å². The van der Waals surface area contributed by atoms with Crippen LogP contribution in [0.25, 0.3) is 0 Å². The number of esters is 1. The Morgan fingerprint density at radius 2 is 1.63 bits per heavy atom. The molecule has 27 heavy (non-hydrogen) atoms. The number of alkyl halides is 3. The number of halogens is 3. The molecule has 9 heteroatoms. The second-order valence-corrected chi connectivity index (χ2v) is 7.50. The summed E-state index contributed by atoms with van der Waals surface area (Å²) in [5.74, 6) is -0.842. The molecule has 3 atom stereocenters. The Balaban J connectivity index is 4.68. The highest BCUT2D eigenvalue weighted by Crippen LogP contribution is 2.17. The Labute approximate surface area is 158 Å². The molecule has 0 spiro atoms. The van der Waals surface area contributed by atoms with E-state index in [4.69, 9.17) is 14.2 Å². The van der Waals surface area contributed by atoms with Gasteiger partial charge in [-0.3, -0.25) is 0 Å². The van der Waals surface area contributed by atoms with Crippen LogP contribution in [-0.4, -0.2) is 48.7 Å². The van der Waals surface area contributed by atoms with E-state index in [1.54, 1.807) is 41.5 Å². The number of carbonyl (C=O) groups is 2. The molecule has 0 bridgehead atoms. The van der Waals surface area contributed by atoms with Crippen LogP contribution in [0.1, 0.15) is 48.5 Å². The summed E-state index contributed by atoms with van der Waals surface area (Å²) in [6.45, 7) is 11.4. The molecule has 0 radical (unpaired) electrons. The SMILES string of the molecule is CC(C)[C@H](OC(=O)[C@H](C)NC(=O)OC(C)(C)C)[C@H](C)OC/C=C/C(F)(F)F. The van der Waals surface area contributed by atoms with Crippen molar-refractivity contribution in [2.75, 3.05) is 6.61 Å². The largest absolute Gasteiger partial charge is 0.458 e. The molecule has 158 valence electrons. The molecule has 0 aliphatic heterocycles. The summed E-state index contributed by atoms with van der Waals surface area (Å²) in [6, 6.07) is -0.960. The minimum Gasteiger partial charge on any atom is -0.458 e. The highest BCUT2D eigenvalue weighted by molar-refractivity contribution is 5.81. The summed E-state index contributed by atoms with van der Waals surface area (Å²) >= 11 is 0. The Morgan fingerprint density at radius 3 is 2.07 bits per heavy atom. The van der Waals surface area contributed by atoms with Crippen LogP contribution in [0.3, 0.4) is 0 Å². The van der Waals surface area contributed by atoms with Crippen LogP contribution in [0.4, 0.5) is 18.0 Å². The molecule has 1 amide bonds. The zero-order valence-electron chi connectivity index (χ0n) is 16.8. The van der Waals surface area contributed by atoms with Gasteiger partial charge in [0, 0.05) is 6.08 Å². The van der Waals surface area contributed by atoms with E-state index in [1.807, 2.05) is 0 Å². The average Bonchev–Trinajstić information content (AvgIpc) is 2.45. The molecule has 0 saturated carbocycles. The Bertz CT molecular complexity index is 512. The number of rotatable bonds is 8. The first-order valence-electron chi connectivity index (χ1n) is 8.68. The minimum atomic E-state index is -4.40. The van der Waals surface area contributed by atoms with Gasteiger partial charge < -0.3 is 19.5 Å². The lowest BCUT2D eigenvalue weighted by Gasteiger charge is -2.28. The summed E-state index contributed by atoms with van der Waals surface area (Å²) in [6.07, 6.45) is -5.56. The maximum Gasteiger partial charge on any atom is 0.409 e. The Kier molecular flexibility index (Phi) is 9.84. The van der Waals surface area contributed by atoms with Crippen molar-refractivity contribution < 1.29 is 37.0 Å². The summed E-state index contributed by atoms with van der Waals surface area (Å²) in [5.41, 5.74) is -0.708. The van der Waals surface area contributed by atoms with E-state index < -0.39 is 42.1 Å². The van der Waals surface area contributed by atoms with Crippen molar-refractivity contribution in [3.05, 3.63) is 12.2 Å². The van der Waals surface area contributed by atoms with Gasteiger partial charge in [0.25, 0.3) is 0 Å². The normalized spacial score (nSPS) is 16.1. The highest BCUT2D eigenvalue weighted by Gasteiger charge is 2.29. The quantitative estimate of drug-likeness (QED) is 0.495. The van der Waals surface area contributed by atoms with Crippen LogP contribution in [0.5, 0.6) is 0 Å². The summed E-state index contributed by atoms with van der Waals surface area (Å²) in [5, 5.41) is 2.38. The summed E-state index contributed by atoms with van der Waals surface area (Å²) in [7, 11) is 0. The van der Waals surface area contributed by atoms with Gasteiger partial charge in [-0.2, -0.15) is 13.2 Å². The molecule has 0 unspecified atom stereocenters. The molecular weight excluding hydrogens is 367 g/mol. The lowest BCUT2D eigenvalue weighted by molar-refractivity contribution is -0.162. The van der Waals surface area contributed by atoms with Crippen molar-refractivity contribution >= 4 is 12.1 Å². The number of nitrogens with one attached hydrogen (secondary N) is 1. The Hall–Kier alpha value is -1.77. The van der Waals surface area contributed by atoms with Crippen molar-refractivity contribution in [3.63, 3.8) is 0 Å². The monoisotopic (exact) mass is 397 g/mol. The number of allylic oxidation sites excluding steroid dienone is 1. The van der Waals surface area contributed by atoms with Gasteiger partial charge in [-0.1, -0.05) is 19.9 Å². The predicted molar refractivity (Wildman–Crippen MR) is 94.2 cm³/mol. The van der Waals surface area contributed by atoms with Gasteiger partial charge in [-0.15, -0.1) is 0 Å². The van der Waals surface area contributed by atoms with Gasteiger partial charge in [0.05, 0.1) is 12.7 Å². The molecule has 0 fully saturated rings. The third kappa shape index (κ3) is 12.3. The van der Waals surface area contributed by atoms with Gasteiger partial charge in [-0.25, -0.2) is 9.59 Å². The summed E-state index contributed by atoms with van der Waals surface area (Å²) < 4.78 is 52.0. The lowest BCUT2D eigenvalue weighted by atomic mass is 10.0. The fourth-order valence-electron chi connectivity index (χ4n) is 2.04. The van der Waals surface area contributed by atoms with Crippen LogP contribution in [-0.2, 0) is 19.0 Å². The van der Waals surface area contributed by atoms with Crippen molar-refractivity contribution in [2.45, 2.75) is 78.5 Å². The van der Waals surface area contributed by atoms with Crippen molar-refractivity contribution in [1.82, 2.24) is 5.32 Å². The average molecular weight is 397 g/mol. The van der Waals surface area contributed by atoms with Crippen LogP contribution in [0.2, 0.25) is 0 Å². The number of hydrogen-bond donors (Lipinski definition) is 1. The first-order chi connectivity index (χ1) is 12.1. The molecular formula is C18H30F3NO5. The van der Waals surface area contributed by atoms with Gasteiger partial charge in [0.1, 0.15) is 17.7 Å². The van der Waals surface area contributed by atoms with Gasteiger partial charge in [0.15, 0.2) is 0 Å². The van der Waals surface area contributed by atoms with Crippen LogP contribution in [0, 0.1) is 5.92 Å². The number of alkyl carbamates (subject to hydrolysis) is 1. The molecule has 0 aromatic carbocycles. The number of ether oxygens (including phenoxy) is 3. The van der Waals surface area contributed by atoms with Gasteiger partial charge in [-0.05, 0) is 40.5 Å². The number of carbonyl (C=O) groups excluding carboxylic acids is 2. The van der Waals surface area contributed by atoms with Crippen LogP contribution < -0.4 is 5.32 Å². The molecule has 1 N–H and O–H groups in total. The predicted octanol–water partition coefficient (Wildman–Crippen LogP) is 3.99. The molecule has 0 aromatic rings. The van der Waals surface area contributed by atoms with E-state index >= 15 is 0 Å².